The first-order valence-electron chi connectivity index (χ1n) is 7.15. The third-order valence-electron chi connectivity index (χ3n) is 3.36. The minimum Gasteiger partial charge on any atom is -0.309 e. The quantitative estimate of drug-likeness (QED) is 0.805. The van der Waals surface area contributed by atoms with Crippen molar-refractivity contribution in [1.29, 1.82) is 5.26 Å². The molecule has 5 heteroatoms. The van der Waals surface area contributed by atoms with E-state index in [0.29, 0.717) is 11.4 Å². The molecule has 1 heterocycles. The Hall–Kier alpha value is -3.39. The minimum absolute atomic E-state index is 0.189. The van der Waals surface area contributed by atoms with Crippen molar-refractivity contribution in [2.45, 2.75) is 6.42 Å². The molecule has 0 atom stereocenters. The Labute approximate surface area is 133 Å². The molecule has 2 aromatic carbocycles. The molecule has 0 radical (unpaired) electrons. The van der Waals surface area contributed by atoms with E-state index in [-0.39, 0.29) is 12.3 Å². The monoisotopic (exact) mass is 302 g/mol. The van der Waals surface area contributed by atoms with Gasteiger partial charge in [0.15, 0.2) is 5.82 Å². The zero-order valence-corrected chi connectivity index (χ0v) is 12.3. The number of aromatic nitrogens is 2. The molecule has 112 valence electrons. The number of carbonyl (C=O) groups excluding carboxylic acids is 1. The lowest BCUT2D eigenvalue weighted by Crippen LogP contribution is -2.17. The van der Waals surface area contributed by atoms with Gasteiger partial charge in [-0.15, -0.1) is 0 Å². The summed E-state index contributed by atoms with van der Waals surface area (Å²) in [5, 5.41) is 16.2. The molecule has 5 nitrogen and oxygen atoms in total. The van der Waals surface area contributed by atoms with Crippen molar-refractivity contribution >= 4 is 11.7 Å². The van der Waals surface area contributed by atoms with E-state index in [0.717, 1.165) is 11.3 Å². The molecule has 23 heavy (non-hydrogen) atoms. The lowest BCUT2D eigenvalue weighted by Gasteiger charge is -2.09. The van der Waals surface area contributed by atoms with E-state index < -0.39 is 0 Å². The molecule has 0 unspecified atom stereocenters. The molecule has 3 aromatic rings. The van der Waals surface area contributed by atoms with Crippen molar-refractivity contribution < 1.29 is 4.79 Å². The number of rotatable bonds is 4. The first-order chi connectivity index (χ1) is 11.3. The summed E-state index contributed by atoms with van der Waals surface area (Å²) in [6.45, 7) is 0. The molecule has 1 aromatic heterocycles. The normalized spacial score (nSPS) is 10.0. The Bertz CT molecular complexity index is 848. The van der Waals surface area contributed by atoms with Crippen LogP contribution in [0.15, 0.2) is 66.9 Å². The maximum atomic E-state index is 12.3. The van der Waals surface area contributed by atoms with Gasteiger partial charge in [-0.05, 0) is 17.7 Å². The van der Waals surface area contributed by atoms with Gasteiger partial charge in [-0.1, -0.05) is 48.5 Å². The summed E-state index contributed by atoms with van der Waals surface area (Å²) >= 11 is 0. The predicted octanol–water partition coefficient (Wildman–Crippen LogP) is 2.93. The number of nitriles is 1. The number of hydrogen-bond acceptors (Lipinski definition) is 3. The molecule has 0 saturated carbocycles. The predicted molar refractivity (Wildman–Crippen MR) is 87.1 cm³/mol. The number of nitrogens with one attached hydrogen (secondary N) is 1. The number of para-hydroxylation sites is 1. The van der Waals surface area contributed by atoms with E-state index >= 15 is 0 Å². The summed E-state index contributed by atoms with van der Waals surface area (Å²) in [4.78, 5) is 12.3. The van der Waals surface area contributed by atoms with Gasteiger partial charge in [0.2, 0.25) is 5.91 Å². The summed E-state index contributed by atoms with van der Waals surface area (Å²) in [7, 11) is 0. The molecule has 0 aliphatic heterocycles. The summed E-state index contributed by atoms with van der Waals surface area (Å²) < 4.78 is 1.56. The Kier molecular flexibility index (Phi) is 4.16. The van der Waals surface area contributed by atoms with Crippen LogP contribution in [0.4, 0.5) is 5.82 Å². The largest absolute Gasteiger partial charge is 0.309 e. The Morgan fingerprint density at radius 2 is 1.74 bits per heavy atom. The number of anilines is 1. The second kappa shape index (κ2) is 6.58. The van der Waals surface area contributed by atoms with Crippen LogP contribution in [0.3, 0.4) is 0 Å². The van der Waals surface area contributed by atoms with E-state index in [2.05, 4.69) is 16.5 Å². The molecule has 0 saturated heterocycles. The van der Waals surface area contributed by atoms with Crippen molar-refractivity contribution in [3.05, 3.63) is 78.0 Å². The maximum absolute atomic E-state index is 12.3. The van der Waals surface area contributed by atoms with Crippen LogP contribution in [0.5, 0.6) is 0 Å². The topological polar surface area (TPSA) is 70.7 Å². The van der Waals surface area contributed by atoms with Crippen LogP contribution in [0.1, 0.15) is 11.1 Å². The number of nitrogens with zero attached hydrogens (tertiary/aromatic N) is 3. The molecular formula is C18H14N4O. The zero-order chi connectivity index (χ0) is 16.1. The van der Waals surface area contributed by atoms with Crippen LogP contribution >= 0.6 is 0 Å². The molecule has 0 fully saturated rings. The van der Waals surface area contributed by atoms with Gasteiger partial charge in [0.1, 0.15) is 11.6 Å². The van der Waals surface area contributed by atoms with E-state index in [1.165, 1.54) is 6.20 Å². The lowest BCUT2D eigenvalue weighted by atomic mass is 10.1. The fourth-order valence-electron chi connectivity index (χ4n) is 2.27. The van der Waals surface area contributed by atoms with Gasteiger partial charge >= 0.3 is 0 Å². The van der Waals surface area contributed by atoms with Gasteiger partial charge in [0.25, 0.3) is 0 Å². The van der Waals surface area contributed by atoms with E-state index in [1.54, 1.807) is 4.68 Å². The van der Waals surface area contributed by atoms with E-state index in [9.17, 15) is 10.1 Å². The van der Waals surface area contributed by atoms with E-state index in [4.69, 9.17) is 0 Å². The number of benzene rings is 2. The van der Waals surface area contributed by atoms with Gasteiger partial charge in [-0.2, -0.15) is 10.4 Å². The van der Waals surface area contributed by atoms with Gasteiger partial charge in [0, 0.05) is 0 Å². The fraction of sp³-hybridized carbons (Fsp3) is 0.0556. The second-order valence-corrected chi connectivity index (χ2v) is 4.98. The van der Waals surface area contributed by atoms with Gasteiger partial charge < -0.3 is 5.32 Å². The average molecular weight is 302 g/mol. The van der Waals surface area contributed by atoms with Crippen molar-refractivity contribution in [1.82, 2.24) is 9.78 Å². The number of amides is 1. The van der Waals surface area contributed by atoms with Crippen molar-refractivity contribution in [3.8, 4) is 11.8 Å². The highest BCUT2D eigenvalue weighted by molar-refractivity contribution is 5.92. The first kappa shape index (κ1) is 14.5. The highest BCUT2D eigenvalue weighted by atomic mass is 16.1. The summed E-state index contributed by atoms with van der Waals surface area (Å²) in [5.41, 5.74) is 2.02. The van der Waals surface area contributed by atoms with Crippen LogP contribution in [0.25, 0.3) is 5.69 Å². The smallest absolute Gasteiger partial charge is 0.229 e. The average Bonchev–Trinajstić information content (AvgIpc) is 2.99. The minimum atomic E-state index is -0.189. The highest BCUT2D eigenvalue weighted by Crippen LogP contribution is 2.19. The van der Waals surface area contributed by atoms with Crippen molar-refractivity contribution in [2.75, 3.05) is 5.32 Å². The van der Waals surface area contributed by atoms with Gasteiger partial charge in [-0.25, -0.2) is 4.68 Å². The summed E-state index contributed by atoms with van der Waals surface area (Å²) in [6.07, 6.45) is 1.69. The second-order valence-electron chi connectivity index (χ2n) is 4.98. The maximum Gasteiger partial charge on any atom is 0.229 e. The van der Waals surface area contributed by atoms with Crippen LogP contribution in [-0.4, -0.2) is 15.7 Å². The fourth-order valence-corrected chi connectivity index (χ4v) is 2.27. The molecule has 1 N–H and O–H groups in total. The summed E-state index contributed by atoms with van der Waals surface area (Å²) in [6, 6.07) is 20.9. The molecule has 0 aliphatic rings. The Balaban J connectivity index is 1.86. The van der Waals surface area contributed by atoms with Crippen LogP contribution < -0.4 is 5.32 Å². The Morgan fingerprint density at radius 1 is 1.09 bits per heavy atom. The van der Waals surface area contributed by atoms with Crippen LogP contribution in [0.2, 0.25) is 0 Å². The Morgan fingerprint density at radius 3 is 2.39 bits per heavy atom. The van der Waals surface area contributed by atoms with Gasteiger partial charge in [-0.3, -0.25) is 4.79 Å². The lowest BCUT2D eigenvalue weighted by molar-refractivity contribution is -0.115. The standard InChI is InChI=1S/C18H14N4O/c19-12-15-13-20-22(16-9-5-2-6-10-16)18(15)21-17(23)11-14-7-3-1-4-8-14/h1-10,13H,11H2,(H,21,23). The highest BCUT2D eigenvalue weighted by Gasteiger charge is 2.15. The van der Waals surface area contributed by atoms with Crippen LogP contribution in [0, 0.1) is 11.3 Å². The zero-order valence-electron chi connectivity index (χ0n) is 12.3. The third-order valence-corrected chi connectivity index (χ3v) is 3.36. The van der Waals surface area contributed by atoms with Gasteiger partial charge in [0.05, 0.1) is 18.3 Å². The SMILES string of the molecule is N#Cc1cnn(-c2ccccc2)c1NC(=O)Cc1ccccc1. The molecule has 0 bridgehead atoms. The molecular weight excluding hydrogens is 288 g/mol. The molecule has 1 amide bonds. The molecule has 0 spiro atoms. The number of carbonyl (C=O) groups is 1. The van der Waals surface area contributed by atoms with Crippen LogP contribution in [-0.2, 0) is 11.2 Å². The van der Waals surface area contributed by atoms with E-state index in [1.807, 2.05) is 60.7 Å². The third kappa shape index (κ3) is 3.27. The first-order valence-corrected chi connectivity index (χ1v) is 7.15. The summed E-state index contributed by atoms with van der Waals surface area (Å²) in [5.74, 6) is 0.199. The molecule has 0 aliphatic carbocycles. The number of hydrogen-bond donors (Lipinski definition) is 1. The molecule has 3 rings (SSSR count). The van der Waals surface area contributed by atoms with Crippen molar-refractivity contribution in [2.24, 2.45) is 0 Å². The van der Waals surface area contributed by atoms with Crippen molar-refractivity contribution in [3.63, 3.8) is 0 Å².